The maximum absolute atomic E-state index is 14.1. The van der Waals surface area contributed by atoms with Crippen molar-refractivity contribution in [2.75, 3.05) is 13.7 Å². The molecule has 124 valence electrons. The minimum atomic E-state index is -0.862. The van der Waals surface area contributed by atoms with Crippen LogP contribution in [0.1, 0.15) is 32.4 Å². The van der Waals surface area contributed by atoms with Gasteiger partial charge in [-0.25, -0.2) is 14.0 Å². The van der Waals surface area contributed by atoms with E-state index in [1.54, 1.807) is 25.1 Å². The molecule has 6 heteroatoms. The van der Waals surface area contributed by atoms with E-state index in [1.165, 1.54) is 18.1 Å². The van der Waals surface area contributed by atoms with Crippen LogP contribution in [0.2, 0.25) is 0 Å². The summed E-state index contributed by atoms with van der Waals surface area (Å²) in [6.07, 6.45) is 0. The van der Waals surface area contributed by atoms with E-state index in [0.29, 0.717) is 12.2 Å². The van der Waals surface area contributed by atoms with Gasteiger partial charge in [0.25, 0.3) is 0 Å². The maximum atomic E-state index is 14.1. The zero-order valence-electron chi connectivity index (χ0n) is 13.7. The fourth-order valence-corrected chi connectivity index (χ4v) is 2.68. The summed E-state index contributed by atoms with van der Waals surface area (Å²) in [5.41, 5.74) is 0.977. The Bertz CT molecular complexity index is 655. The lowest BCUT2D eigenvalue weighted by molar-refractivity contribution is -0.136. The highest BCUT2D eigenvalue weighted by Crippen LogP contribution is 2.32. The Morgan fingerprint density at radius 1 is 1.39 bits per heavy atom. The van der Waals surface area contributed by atoms with Crippen LogP contribution in [0.4, 0.5) is 9.18 Å². The number of amides is 2. The topological polar surface area (TPSA) is 58.6 Å². The van der Waals surface area contributed by atoms with Gasteiger partial charge < -0.3 is 10.1 Å². The highest BCUT2D eigenvalue weighted by atomic mass is 19.1. The first-order valence-corrected chi connectivity index (χ1v) is 7.48. The minimum Gasteiger partial charge on any atom is -0.466 e. The number of allylic oxidation sites excluding steroid dienone is 1. The van der Waals surface area contributed by atoms with Crippen molar-refractivity contribution in [2.45, 2.75) is 26.8 Å². The van der Waals surface area contributed by atoms with Crippen LogP contribution in [0.3, 0.4) is 0 Å². The van der Waals surface area contributed by atoms with Crippen LogP contribution < -0.4 is 5.32 Å². The third-order valence-electron chi connectivity index (χ3n) is 3.77. The molecular weight excluding hydrogens is 299 g/mol. The summed E-state index contributed by atoms with van der Waals surface area (Å²) in [5.74, 6) is -0.839. The fourth-order valence-electron chi connectivity index (χ4n) is 2.68. The summed E-state index contributed by atoms with van der Waals surface area (Å²) in [6, 6.07) is 4.86. The Balaban J connectivity index is 2.55. The number of urea groups is 1. The molecule has 1 atom stereocenters. The van der Waals surface area contributed by atoms with Crippen LogP contribution >= 0.6 is 0 Å². The zero-order chi connectivity index (χ0) is 17.1. The smallest absolute Gasteiger partial charge is 0.337 e. The van der Waals surface area contributed by atoms with Gasteiger partial charge >= 0.3 is 12.0 Å². The fraction of sp³-hybridized carbons (Fsp3) is 0.412. The molecule has 0 aromatic heterocycles. The Morgan fingerprint density at radius 2 is 2.04 bits per heavy atom. The molecule has 1 aliphatic rings. The molecule has 1 aromatic carbocycles. The van der Waals surface area contributed by atoms with Crippen LogP contribution in [0.15, 0.2) is 35.5 Å². The van der Waals surface area contributed by atoms with Crippen molar-refractivity contribution < 1.29 is 18.7 Å². The Hall–Kier alpha value is -2.37. The Labute approximate surface area is 135 Å². The molecule has 1 N–H and O–H groups in total. The van der Waals surface area contributed by atoms with E-state index >= 15 is 0 Å². The lowest BCUT2D eigenvalue weighted by Gasteiger charge is -2.36. The van der Waals surface area contributed by atoms with Gasteiger partial charge in [-0.15, -0.1) is 0 Å². The molecule has 0 spiro atoms. The van der Waals surface area contributed by atoms with Gasteiger partial charge in [0.2, 0.25) is 0 Å². The predicted molar refractivity (Wildman–Crippen MR) is 83.9 cm³/mol. The van der Waals surface area contributed by atoms with Crippen molar-refractivity contribution in [3.63, 3.8) is 0 Å². The van der Waals surface area contributed by atoms with Crippen molar-refractivity contribution in [1.29, 1.82) is 0 Å². The number of nitrogens with zero attached hydrogens (tertiary/aromatic N) is 1. The molecule has 0 unspecified atom stereocenters. The number of methoxy groups -OCH3 is 1. The summed E-state index contributed by atoms with van der Waals surface area (Å²) >= 11 is 0. The largest absolute Gasteiger partial charge is 0.466 e. The number of hydrogen-bond donors (Lipinski definition) is 1. The quantitative estimate of drug-likeness (QED) is 0.868. The number of carbonyl (C=O) groups is 2. The molecule has 23 heavy (non-hydrogen) atoms. The predicted octanol–water partition coefficient (Wildman–Crippen LogP) is 3.00. The lowest BCUT2D eigenvalue weighted by Crippen LogP contribution is -2.49. The third-order valence-corrected chi connectivity index (χ3v) is 3.77. The summed E-state index contributed by atoms with van der Waals surface area (Å²) in [6.45, 7) is 6.09. The van der Waals surface area contributed by atoms with Gasteiger partial charge in [0, 0.05) is 17.8 Å². The van der Waals surface area contributed by atoms with Crippen LogP contribution in [0.25, 0.3) is 0 Å². The summed E-state index contributed by atoms with van der Waals surface area (Å²) in [4.78, 5) is 26.1. The first-order chi connectivity index (χ1) is 10.9. The number of benzene rings is 1. The number of rotatable bonds is 4. The van der Waals surface area contributed by atoms with E-state index in [2.05, 4.69) is 5.32 Å². The second kappa shape index (κ2) is 6.81. The van der Waals surface area contributed by atoms with E-state index in [4.69, 9.17) is 4.74 Å². The van der Waals surface area contributed by atoms with E-state index in [0.717, 1.165) is 0 Å². The van der Waals surface area contributed by atoms with Crippen molar-refractivity contribution in [3.8, 4) is 0 Å². The van der Waals surface area contributed by atoms with Crippen LogP contribution in [0, 0.1) is 11.7 Å². The average Bonchev–Trinajstić information content (AvgIpc) is 2.50. The zero-order valence-corrected chi connectivity index (χ0v) is 13.7. The molecular formula is C17H21FN2O3. The van der Waals surface area contributed by atoms with Crippen LogP contribution in [-0.2, 0) is 9.53 Å². The second-order valence-corrected chi connectivity index (χ2v) is 5.90. The average molecular weight is 320 g/mol. The number of hydrogen-bond acceptors (Lipinski definition) is 3. The standard InChI is InChI=1S/C17H21FN2O3/c1-10(2)9-20-11(3)14(16(21)23-4)15(19-17(20)22)12-7-5-6-8-13(12)18/h5-8,10,15H,9H2,1-4H3,(H,19,22)/t15-/m1/s1. The number of carbonyl (C=O) groups excluding carboxylic acids is 2. The molecule has 0 saturated carbocycles. The molecule has 1 heterocycles. The highest BCUT2D eigenvalue weighted by Gasteiger charge is 2.37. The molecule has 2 amide bonds. The summed E-state index contributed by atoms with van der Waals surface area (Å²) < 4.78 is 19.0. The normalized spacial score (nSPS) is 18.3. The molecule has 1 aliphatic heterocycles. The van der Waals surface area contributed by atoms with Gasteiger partial charge in [-0.2, -0.15) is 0 Å². The third kappa shape index (κ3) is 3.36. The monoisotopic (exact) mass is 320 g/mol. The molecule has 1 aromatic rings. The summed E-state index contributed by atoms with van der Waals surface area (Å²) in [7, 11) is 1.27. The van der Waals surface area contributed by atoms with Crippen LogP contribution in [0.5, 0.6) is 0 Å². The summed E-state index contributed by atoms with van der Waals surface area (Å²) in [5, 5.41) is 2.71. The number of nitrogens with one attached hydrogen (secondary N) is 1. The van der Waals surface area contributed by atoms with Crippen molar-refractivity contribution >= 4 is 12.0 Å². The molecule has 5 nitrogen and oxygen atoms in total. The van der Waals surface area contributed by atoms with Gasteiger partial charge in [-0.05, 0) is 18.9 Å². The molecule has 0 aliphatic carbocycles. The SMILES string of the molecule is COC(=O)C1=C(C)N(CC(C)C)C(=O)N[C@@H]1c1ccccc1F. The first-order valence-electron chi connectivity index (χ1n) is 7.48. The van der Waals surface area contributed by atoms with E-state index in [-0.39, 0.29) is 23.1 Å². The van der Waals surface area contributed by atoms with Gasteiger partial charge in [0.05, 0.1) is 18.7 Å². The van der Waals surface area contributed by atoms with Crippen molar-refractivity contribution in [3.05, 3.63) is 46.9 Å². The molecule has 0 fully saturated rings. The Kier molecular flexibility index (Phi) is 5.03. The first kappa shape index (κ1) is 17.0. The van der Waals surface area contributed by atoms with Crippen LogP contribution in [-0.4, -0.2) is 30.6 Å². The number of ether oxygens (including phenoxy) is 1. The van der Waals surface area contributed by atoms with Crippen molar-refractivity contribution in [1.82, 2.24) is 10.2 Å². The van der Waals surface area contributed by atoms with E-state index < -0.39 is 17.8 Å². The van der Waals surface area contributed by atoms with E-state index in [9.17, 15) is 14.0 Å². The van der Waals surface area contributed by atoms with Gasteiger partial charge in [0.1, 0.15) is 5.82 Å². The number of esters is 1. The van der Waals surface area contributed by atoms with Gasteiger partial charge in [-0.1, -0.05) is 32.0 Å². The maximum Gasteiger partial charge on any atom is 0.337 e. The minimum absolute atomic E-state index is 0.222. The van der Waals surface area contributed by atoms with Gasteiger partial charge in [-0.3, -0.25) is 4.90 Å². The molecule has 0 bridgehead atoms. The van der Waals surface area contributed by atoms with E-state index in [1.807, 2.05) is 13.8 Å². The second-order valence-electron chi connectivity index (χ2n) is 5.90. The highest BCUT2D eigenvalue weighted by molar-refractivity contribution is 5.95. The number of halogens is 1. The van der Waals surface area contributed by atoms with Gasteiger partial charge in [0.15, 0.2) is 0 Å². The lowest BCUT2D eigenvalue weighted by atomic mass is 9.94. The Morgan fingerprint density at radius 3 is 2.61 bits per heavy atom. The molecule has 0 radical (unpaired) electrons. The molecule has 0 saturated heterocycles. The van der Waals surface area contributed by atoms with Crippen molar-refractivity contribution in [2.24, 2.45) is 5.92 Å². The molecule has 2 rings (SSSR count).